The van der Waals surface area contributed by atoms with Gasteiger partial charge in [0, 0.05) is 25.8 Å². The van der Waals surface area contributed by atoms with Gasteiger partial charge in [0.2, 0.25) is 0 Å². The number of aromatic amines is 1. The molecule has 1 amide bonds. The molecule has 1 atom stereocenters. The molecule has 4 N–H and O–H groups in total. The number of nitrogens with two attached hydrogens (primary N) is 1. The van der Waals surface area contributed by atoms with Crippen LogP contribution in [0, 0.1) is 5.92 Å². The molecule has 0 saturated carbocycles. The molecule has 2 rings (SSSR count). The maximum Gasteiger partial charge on any atom is 0.274 e. The monoisotopic (exact) mass is 315 g/mol. The fourth-order valence-electron chi connectivity index (χ4n) is 2.27. The van der Waals surface area contributed by atoms with Gasteiger partial charge in [0.25, 0.3) is 21.7 Å². The van der Waals surface area contributed by atoms with Crippen LogP contribution in [0.15, 0.2) is 17.2 Å². The van der Waals surface area contributed by atoms with E-state index in [-0.39, 0.29) is 29.6 Å². The van der Waals surface area contributed by atoms with E-state index in [4.69, 9.17) is 5.14 Å². The van der Waals surface area contributed by atoms with Crippen molar-refractivity contribution in [3.8, 4) is 0 Å². The average Bonchev–Trinajstić information content (AvgIpc) is 2.45. The summed E-state index contributed by atoms with van der Waals surface area (Å²) in [6.45, 7) is 1.19. The molecule has 1 fully saturated rings. The first-order valence-corrected chi connectivity index (χ1v) is 8.01. The molecule has 0 aliphatic carbocycles. The van der Waals surface area contributed by atoms with Crippen molar-refractivity contribution in [1.29, 1.82) is 0 Å². The van der Waals surface area contributed by atoms with Crippen molar-refractivity contribution in [2.24, 2.45) is 11.1 Å². The molecule has 116 valence electrons. The molecule has 0 bridgehead atoms. The van der Waals surface area contributed by atoms with Crippen LogP contribution in [0.2, 0.25) is 0 Å². The maximum atomic E-state index is 12.2. The van der Waals surface area contributed by atoms with Gasteiger partial charge in [-0.1, -0.05) is 0 Å². The molecule has 2 heterocycles. The number of likely N-dealkylation sites (tertiary alicyclic amines) is 1. The molecule has 1 saturated heterocycles. The lowest BCUT2D eigenvalue weighted by Crippen LogP contribution is -2.45. The number of amides is 1. The summed E-state index contributed by atoms with van der Waals surface area (Å²) in [4.78, 5) is 31.0. The smallest absolute Gasteiger partial charge is 0.274 e. The van der Waals surface area contributed by atoms with Crippen LogP contribution in [0.3, 0.4) is 0 Å². The molecule has 1 aliphatic heterocycles. The van der Waals surface area contributed by atoms with Gasteiger partial charge >= 0.3 is 0 Å². The van der Waals surface area contributed by atoms with Gasteiger partial charge in [0.15, 0.2) is 0 Å². The Balaban J connectivity index is 1.98. The van der Waals surface area contributed by atoms with Crippen molar-refractivity contribution < 1.29 is 13.2 Å². The van der Waals surface area contributed by atoms with E-state index < -0.39 is 10.2 Å². The van der Waals surface area contributed by atoms with Gasteiger partial charge in [0.05, 0.1) is 6.20 Å². The molecule has 21 heavy (non-hydrogen) atoms. The van der Waals surface area contributed by atoms with Crippen LogP contribution in [0.4, 0.5) is 0 Å². The highest BCUT2D eigenvalue weighted by molar-refractivity contribution is 7.87. The van der Waals surface area contributed by atoms with Gasteiger partial charge in [-0.15, -0.1) is 0 Å². The topological polar surface area (TPSA) is 138 Å². The summed E-state index contributed by atoms with van der Waals surface area (Å²) < 4.78 is 24.0. The number of carbonyl (C=O) groups is 1. The lowest BCUT2D eigenvalue weighted by Gasteiger charge is -2.32. The lowest BCUT2D eigenvalue weighted by atomic mass is 9.98. The molecule has 0 aromatic carbocycles. The van der Waals surface area contributed by atoms with Crippen molar-refractivity contribution in [3.63, 3.8) is 0 Å². The highest BCUT2D eigenvalue weighted by Crippen LogP contribution is 2.17. The summed E-state index contributed by atoms with van der Waals surface area (Å²) in [5, 5.41) is 4.89. The molecule has 9 nitrogen and oxygen atoms in total. The van der Waals surface area contributed by atoms with Gasteiger partial charge in [-0.25, -0.2) is 14.8 Å². The number of hydrogen-bond donors (Lipinski definition) is 3. The third kappa shape index (κ3) is 4.62. The molecule has 10 heteroatoms. The van der Waals surface area contributed by atoms with Crippen LogP contribution in [0.25, 0.3) is 0 Å². The van der Waals surface area contributed by atoms with Crippen molar-refractivity contribution in [1.82, 2.24) is 19.6 Å². The Hall–Kier alpha value is -1.78. The number of H-pyrrole nitrogens is 1. The molecular weight excluding hydrogens is 298 g/mol. The Morgan fingerprint density at radius 2 is 2.33 bits per heavy atom. The van der Waals surface area contributed by atoms with Gasteiger partial charge < -0.3 is 9.88 Å². The third-order valence-corrected chi connectivity index (χ3v) is 3.84. The zero-order chi connectivity index (χ0) is 15.5. The first-order chi connectivity index (χ1) is 9.85. The fourth-order valence-corrected chi connectivity index (χ4v) is 2.74. The first kappa shape index (κ1) is 15.6. The number of nitrogens with one attached hydrogen (secondary N) is 2. The largest absolute Gasteiger partial charge is 0.337 e. The highest BCUT2D eigenvalue weighted by atomic mass is 32.2. The zero-order valence-corrected chi connectivity index (χ0v) is 12.1. The van der Waals surface area contributed by atoms with E-state index >= 15 is 0 Å². The van der Waals surface area contributed by atoms with Gasteiger partial charge in [-0.3, -0.25) is 9.59 Å². The van der Waals surface area contributed by atoms with Crippen LogP contribution in [-0.2, 0) is 10.2 Å². The maximum absolute atomic E-state index is 12.2. The normalized spacial score (nSPS) is 19.5. The molecule has 1 unspecified atom stereocenters. The molecule has 1 aromatic rings. The van der Waals surface area contributed by atoms with E-state index in [9.17, 15) is 18.0 Å². The van der Waals surface area contributed by atoms with E-state index in [1.165, 1.54) is 6.20 Å². The second-order valence-electron chi connectivity index (χ2n) is 4.95. The molecule has 0 radical (unpaired) electrons. The Bertz CT molecular complexity index is 651. The second kappa shape index (κ2) is 6.33. The molecule has 1 aliphatic rings. The van der Waals surface area contributed by atoms with E-state index in [0.717, 1.165) is 19.0 Å². The standard InChI is InChI=1S/C11H17N5O4S/c12-21(19,20)15-4-8-2-1-3-16(7-8)11(18)9-5-14-10(17)6-13-9/h5-6,8,15H,1-4,7H2,(H,14,17)(H2,12,19,20). The van der Waals surface area contributed by atoms with Gasteiger partial charge in [-0.05, 0) is 18.8 Å². The SMILES string of the molecule is NS(=O)(=O)NCC1CCCN(C(=O)c2c[nH]c(=O)cn2)C1. The summed E-state index contributed by atoms with van der Waals surface area (Å²) in [6.07, 6.45) is 3.91. The van der Waals surface area contributed by atoms with E-state index in [2.05, 4.69) is 14.7 Å². The second-order valence-corrected chi connectivity index (χ2v) is 6.33. The minimum atomic E-state index is -3.72. The van der Waals surface area contributed by atoms with Crippen molar-refractivity contribution in [3.05, 3.63) is 28.4 Å². The van der Waals surface area contributed by atoms with Crippen molar-refractivity contribution >= 4 is 16.1 Å². The zero-order valence-electron chi connectivity index (χ0n) is 11.3. The number of carbonyl (C=O) groups excluding carboxylic acids is 1. The van der Waals surface area contributed by atoms with Crippen molar-refractivity contribution in [2.75, 3.05) is 19.6 Å². The number of hydrogen-bond acceptors (Lipinski definition) is 5. The minimum absolute atomic E-state index is 0.00351. The summed E-state index contributed by atoms with van der Waals surface area (Å²) >= 11 is 0. The lowest BCUT2D eigenvalue weighted by molar-refractivity contribution is 0.0670. The number of aromatic nitrogens is 2. The summed E-state index contributed by atoms with van der Waals surface area (Å²) in [6, 6.07) is 0. The van der Waals surface area contributed by atoms with Crippen LogP contribution in [0.5, 0.6) is 0 Å². The van der Waals surface area contributed by atoms with Crippen LogP contribution >= 0.6 is 0 Å². The Kier molecular flexibility index (Phi) is 4.70. The Labute approximate surface area is 121 Å². The predicted molar refractivity (Wildman–Crippen MR) is 74.6 cm³/mol. The molecule has 1 aromatic heterocycles. The van der Waals surface area contributed by atoms with Gasteiger partial charge in [0.1, 0.15) is 5.69 Å². The number of nitrogens with zero attached hydrogens (tertiary/aromatic N) is 2. The summed E-state index contributed by atoms with van der Waals surface area (Å²) in [5.74, 6) is -0.282. The molecule has 0 spiro atoms. The Morgan fingerprint density at radius 1 is 1.57 bits per heavy atom. The van der Waals surface area contributed by atoms with Crippen molar-refractivity contribution in [2.45, 2.75) is 12.8 Å². The van der Waals surface area contributed by atoms with Crippen LogP contribution < -0.4 is 15.4 Å². The summed E-state index contributed by atoms with van der Waals surface area (Å²) in [7, 11) is -3.72. The van der Waals surface area contributed by atoms with E-state index in [0.29, 0.717) is 13.1 Å². The average molecular weight is 315 g/mol. The molecular formula is C11H17N5O4S. The first-order valence-electron chi connectivity index (χ1n) is 6.46. The minimum Gasteiger partial charge on any atom is -0.337 e. The predicted octanol–water partition coefficient (Wildman–Crippen LogP) is -1.58. The quantitative estimate of drug-likeness (QED) is 0.615. The number of rotatable bonds is 4. The highest BCUT2D eigenvalue weighted by Gasteiger charge is 2.25. The van der Waals surface area contributed by atoms with Gasteiger partial charge in [-0.2, -0.15) is 8.42 Å². The Morgan fingerprint density at radius 3 is 2.95 bits per heavy atom. The van der Waals surface area contributed by atoms with E-state index in [1.54, 1.807) is 4.90 Å². The van der Waals surface area contributed by atoms with Crippen LogP contribution in [-0.4, -0.2) is 48.8 Å². The van der Waals surface area contributed by atoms with E-state index in [1.807, 2.05) is 0 Å². The number of piperidine rings is 1. The van der Waals surface area contributed by atoms with Crippen LogP contribution in [0.1, 0.15) is 23.3 Å². The fraction of sp³-hybridized carbons (Fsp3) is 0.545. The third-order valence-electron chi connectivity index (χ3n) is 3.27. The summed E-state index contributed by atoms with van der Waals surface area (Å²) in [5.41, 5.74) is -0.213.